The van der Waals surface area contributed by atoms with Crippen molar-refractivity contribution in [2.75, 3.05) is 39.4 Å². The van der Waals surface area contributed by atoms with Gasteiger partial charge in [0.05, 0.1) is 10.8 Å². The smallest absolute Gasteiger partial charge is 0.243 e. The first kappa shape index (κ1) is 17.9. The molecule has 3 fully saturated rings. The second-order valence-corrected chi connectivity index (χ2v) is 9.61. The minimum Gasteiger partial charge on any atom is -0.381 e. The van der Waals surface area contributed by atoms with Crippen LogP contribution in [0.4, 0.5) is 0 Å². The average Bonchev–Trinajstić information content (AvgIpc) is 3.32. The number of carbonyl (C=O) groups excluding carboxylic acids is 1. The van der Waals surface area contributed by atoms with Crippen molar-refractivity contribution in [1.82, 2.24) is 9.21 Å². The molecule has 4 rings (SSSR count). The summed E-state index contributed by atoms with van der Waals surface area (Å²) in [6.07, 6.45) is 3.58. The molecule has 1 aromatic rings. The van der Waals surface area contributed by atoms with E-state index >= 15 is 0 Å². The third-order valence-corrected chi connectivity index (χ3v) is 8.03. The van der Waals surface area contributed by atoms with Crippen LogP contribution >= 0.6 is 0 Å². The summed E-state index contributed by atoms with van der Waals surface area (Å²) in [6.45, 7) is 3.50. The number of sulfonamides is 1. The molecule has 0 aliphatic carbocycles. The van der Waals surface area contributed by atoms with Crippen LogP contribution in [0, 0.1) is 11.3 Å². The predicted molar refractivity (Wildman–Crippen MR) is 97.0 cm³/mol. The summed E-state index contributed by atoms with van der Waals surface area (Å²) < 4.78 is 33.3. The van der Waals surface area contributed by atoms with Gasteiger partial charge in [-0.05, 0) is 37.8 Å². The van der Waals surface area contributed by atoms with E-state index in [0.29, 0.717) is 24.7 Å². The summed E-state index contributed by atoms with van der Waals surface area (Å²) in [5, 5.41) is 0. The minimum absolute atomic E-state index is 0.134. The minimum atomic E-state index is -3.58. The fourth-order valence-electron chi connectivity index (χ4n) is 4.63. The number of carbonyl (C=O) groups is 1. The Morgan fingerprint density at radius 2 is 1.73 bits per heavy atom. The maximum absolute atomic E-state index is 13.2. The van der Waals surface area contributed by atoms with Crippen LogP contribution in [0.5, 0.6) is 0 Å². The van der Waals surface area contributed by atoms with Crippen LogP contribution in [0.3, 0.4) is 0 Å². The van der Waals surface area contributed by atoms with Crippen LogP contribution in [0.2, 0.25) is 0 Å². The van der Waals surface area contributed by atoms with E-state index in [-0.39, 0.29) is 23.8 Å². The van der Waals surface area contributed by atoms with Gasteiger partial charge in [-0.15, -0.1) is 0 Å². The van der Waals surface area contributed by atoms with Gasteiger partial charge in [-0.25, -0.2) is 8.42 Å². The van der Waals surface area contributed by atoms with Gasteiger partial charge in [-0.2, -0.15) is 4.31 Å². The summed E-state index contributed by atoms with van der Waals surface area (Å²) in [7, 11) is -3.58. The Bertz CT molecular complexity index is 753. The Labute approximate surface area is 155 Å². The molecule has 0 aromatic heterocycles. The maximum atomic E-state index is 13.2. The van der Waals surface area contributed by atoms with Gasteiger partial charge in [-0.1, -0.05) is 18.2 Å². The van der Waals surface area contributed by atoms with Crippen molar-refractivity contribution in [1.29, 1.82) is 0 Å². The molecule has 3 saturated heterocycles. The van der Waals surface area contributed by atoms with Gasteiger partial charge in [0.15, 0.2) is 0 Å². The molecule has 3 aliphatic heterocycles. The highest BCUT2D eigenvalue weighted by molar-refractivity contribution is 7.89. The zero-order chi connectivity index (χ0) is 18.2. The number of benzene rings is 1. The molecule has 1 atom stereocenters. The average molecular weight is 378 g/mol. The molecule has 6 nitrogen and oxygen atoms in total. The van der Waals surface area contributed by atoms with Crippen molar-refractivity contribution in [3.8, 4) is 0 Å². The summed E-state index contributed by atoms with van der Waals surface area (Å²) in [6, 6.07) is 8.53. The fraction of sp³-hybridized carbons (Fsp3) is 0.632. The van der Waals surface area contributed by atoms with Crippen LogP contribution in [0.1, 0.15) is 25.7 Å². The van der Waals surface area contributed by atoms with Crippen molar-refractivity contribution >= 4 is 15.9 Å². The first-order chi connectivity index (χ1) is 12.5. The molecule has 26 heavy (non-hydrogen) atoms. The number of rotatable bonds is 3. The summed E-state index contributed by atoms with van der Waals surface area (Å²) >= 11 is 0. The molecule has 3 aliphatic rings. The quantitative estimate of drug-likeness (QED) is 0.803. The molecule has 7 heteroatoms. The topological polar surface area (TPSA) is 66.9 Å². The van der Waals surface area contributed by atoms with Gasteiger partial charge in [0.1, 0.15) is 0 Å². The Hall–Kier alpha value is -1.44. The van der Waals surface area contributed by atoms with Gasteiger partial charge >= 0.3 is 0 Å². The van der Waals surface area contributed by atoms with Crippen LogP contribution < -0.4 is 0 Å². The Morgan fingerprint density at radius 1 is 1.08 bits per heavy atom. The lowest BCUT2D eigenvalue weighted by Gasteiger charge is -2.38. The number of ether oxygens (including phenoxy) is 1. The van der Waals surface area contributed by atoms with Crippen molar-refractivity contribution in [3.05, 3.63) is 30.3 Å². The molecule has 0 saturated carbocycles. The van der Waals surface area contributed by atoms with Crippen molar-refractivity contribution in [3.63, 3.8) is 0 Å². The normalized spacial score (nSPS) is 26.5. The molecule has 1 aromatic carbocycles. The SMILES string of the molecule is O=C([C@H]1CN(S(=O)(=O)c2ccccc2)CC12CCOCC2)N1CCCC1. The molecule has 0 radical (unpaired) electrons. The number of hydrogen-bond donors (Lipinski definition) is 0. The molecule has 0 bridgehead atoms. The van der Waals surface area contributed by atoms with E-state index in [1.807, 2.05) is 11.0 Å². The third kappa shape index (κ3) is 3.06. The fourth-order valence-corrected chi connectivity index (χ4v) is 6.20. The van der Waals surface area contributed by atoms with E-state index in [1.165, 1.54) is 4.31 Å². The summed E-state index contributed by atoms with van der Waals surface area (Å²) in [4.78, 5) is 15.4. The highest BCUT2D eigenvalue weighted by Crippen LogP contribution is 2.46. The maximum Gasteiger partial charge on any atom is 0.243 e. The summed E-state index contributed by atoms with van der Waals surface area (Å²) in [5.41, 5.74) is -0.292. The molecule has 0 N–H and O–H groups in total. The molecule has 1 spiro atoms. The van der Waals surface area contributed by atoms with Gasteiger partial charge in [0, 0.05) is 44.8 Å². The Kier molecular flexibility index (Phi) is 4.79. The molecule has 3 heterocycles. The van der Waals surface area contributed by atoms with E-state index < -0.39 is 10.0 Å². The molecular formula is C19H26N2O4S. The number of nitrogens with zero attached hydrogens (tertiary/aromatic N) is 2. The highest BCUT2D eigenvalue weighted by atomic mass is 32.2. The van der Waals surface area contributed by atoms with Gasteiger partial charge in [-0.3, -0.25) is 4.79 Å². The Morgan fingerprint density at radius 3 is 2.38 bits per heavy atom. The van der Waals surface area contributed by atoms with Crippen molar-refractivity contribution in [2.45, 2.75) is 30.6 Å². The van der Waals surface area contributed by atoms with Crippen LogP contribution in [0.25, 0.3) is 0 Å². The molecule has 1 amide bonds. The van der Waals surface area contributed by atoms with E-state index in [1.54, 1.807) is 24.3 Å². The Balaban J connectivity index is 1.64. The highest BCUT2D eigenvalue weighted by Gasteiger charge is 2.54. The van der Waals surface area contributed by atoms with Crippen LogP contribution in [-0.4, -0.2) is 62.9 Å². The lowest BCUT2D eigenvalue weighted by molar-refractivity contribution is -0.139. The van der Waals surface area contributed by atoms with E-state index in [9.17, 15) is 13.2 Å². The van der Waals surface area contributed by atoms with Crippen LogP contribution in [0.15, 0.2) is 35.2 Å². The molecule has 0 unspecified atom stereocenters. The molecular weight excluding hydrogens is 352 g/mol. The number of amides is 1. The van der Waals surface area contributed by atoms with E-state index in [4.69, 9.17) is 4.74 Å². The lowest BCUT2D eigenvalue weighted by Crippen LogP contribution is -2.45. The molecule has 142 valence electrons. The zero-order valence-electron chi connectivity index (χ0n) is 15.0. The first-order valence-corrected chi connectivity index (χ1v) is 10.9. The third-order valence-electron chi connectivity index (χ3n) is 6.20. The van der Waals surface area contributed by atoms with Crippen molar-refractivity contribution < 1.29 is 17.9 Å². The standard InChI is InChI=1S/C19H26N2O4S/c22-18(20-10-4-5-11-20)17-14-21(15-19(17)8-12-25-13-9-19)26(23,24)16-6-2-1-3-7-16/h1-3,6-7,17H,4-5,8-15H2/t17-/m1/s1. The van der Waals surface area contributed by atoms with Crippen molar-refractivity contribution in [2.24, 2.45) is 11.3 Å². The van der Waals surface area contributed by atoms with Gasteiger partial charge in [0.25, 0.3) is 0 Å². The van der Waals surface area contributed by atoms with Crippen LogP contribution in [-0.2, 0) is 19.6 Å². The lowest BCUT2D eigenvalue weighted by atomic mass is 9.71. The van der Waals surface area contributed by atoms with Gasteiger partial charge in [0.2, 0.25) is 15.9 Å². The number of hydrogen-bond acceptors (Lipinski definition) is 4. The largest absolute Gasteiger partial charge is 0.381 e. The zero-order valence-corrected chi connectivity index (χ0v) is 15.8. The number of likely N-dealkylation sites (tertiary alicyclic amines) is 1. The van der Waals surface area contributed by atoms with E-state index in [2.05, 4.69) is 0 Å². The monoisotopic (exact) mass is 378 g/mol. The summed E-state index contributed by atoms with van der Waals surface area (Å²) in [5.74, 6) is -0.127. The second kappa shape index (κ2) is 6.94. The van der Waals surface area contributed by atoms with E-state index in [0.717, 1.165) is 38.8 Å². The first-order valence-electron chi connectivity index (χ1n) is 9.45. The predicted octanol–water partition coefficient (Wildman–Crippen LogP) is 1.73. The second-order valence-electron chi connectivity index (χ2n) is 7.67. The van der Waals surface area contributed by atoms with Gasteiger partial charge < -0.3 is 9.64 Å².